The highest BCUT2D eigenvalue weighted by molar-refractivity contribution is 5.35. The van der Waals surface area contributed by atoms with Crippen molar-refractivity contribution in [2.75, 3.05) is 0 Å². The molecule has 2 rings (SSSR count). The lowest BCUT2D eigenvalue weighted by Gasteiger charge is -2.25. The summed E-state index contributed by atoms with van der Waals surface area (Å²) in [4.78, 5) is 10.5. The number of nitrogens with zero attached hydrogens (tertiary/aromatic N) is 1. The van der Waals surface area contributed by atoms with Crippen molar-refractivity contribution in [1.82, 2.24) is 5.32 Å². The molecule has 1 fully saturated rings. The summed E-state index contributed by atoms with van der Waals surface area (Å²) in [6.07, 6.45) is 5.27. The van der Waals surface area contributed by atoms with Crippen LogP contribution in [-0.2, 0) is 0 Å². The third-order valence-corrected chi connectivity index (χ3v) is 4.20. The van der Waals surface area contributed by atoms with Gasteiger partial charge in [-0.1, -0.05) is 25.0 Å². The summed E-state index contributed by atoms with van der Waals surface area (Å²) in [6, 6.07) is 7.53. The molecule has 0 heterocycles. The van der Waals surface area contributed by atoms with E-state index < -0.39 is 0 Å². The number of hydrogen-bond acceptors (Lipinski definition) is 3. The van der Waals surface area contributed by atoms with Gasteiger partial charge in [-0.2, -0.15) is 0 Å². The fourth-order valence-corrected chi connectivity index (χ4v) is 2.99. The van der Waals surface area contributed by atoms with Crippen LogP contribution in [0.3, 0.4) is 0 Å². The molecule has 2 atom stereocenters. The van der Waals surface area contributed by atoms with Crippen molar-refractivity contribution in [1.29, 1.82) is 0 Å². The van der Waals surface area contributed by atoms with Gasteiger partial charge in [-0.25, -0.2) is 0 Å². The lowest BCUT2D eigenvalue weighted by molar-refractivity contribution is -0.384. The van der Waals surface area contributed by atoms with Gasteiger partial charge in [-0.15, -0.1) is 0 Å². The van der Waals surface area contributed by atoms with Gasteiger partial charge < -0.3 is 5.32 Å². The maximum Gasteiger partial charge on any atom is 0.269 e. The molecule has 4 nitrogen and oxygen atoms in total. The maximum absolute atomic E-state index is 10.8. The molecular formula is C15H22N2O2. The van der Waals surface area contributed by atoms with E-state index in [-0.39, 0.29) is 16.7 Å². The molecule has 1 aromatic carbocycles. The molecule has 1 aromatic rings. The Hall–Kier alpha value is -1.42. The van der Waals surface area contributed by atoms with Crippen LogP contribution in [0.1, 0.15) is 51.1 Å². The van der Waals surface area contributed by atoms with E-state index in [0.29, 0.717) is 6.04 Å². The van der Waals surface area contributed by atoms with E-state index in [2.05, 4.69) is 19.2 Å². The molecule has 0 spiro atoms. The summed E-state index contributed by atoms with van der Waals surface area (Å²) < 4.78 is 0. The predicted molar refractivity (Wildman–Crippen MR) is 76.1 cm³/mol. The maximum atomic E-state index is 10.8. The van der Waals surface area contributed by atoms with Gasteiger partial charge in [0.25, 0.3) is 5.69 Å². The van der Waals surface area contributed by atoms with Crippen molar-refractivity contribution in [3.63, 3.8) is 0 Å². The van der Waals surface area contributed by atoms with E-state index in [1.165, 1.54) is 31.7 Å². The van der Waals surface area contributed by atoms with Crippen LogP contribution in [0.15, 0.2) is 24.3 Å². The SMILES string of the molecule is CC(N[C@@H](C)C1CCCC1)c1cccc([N+](=O)[O-])c1. The monoisotopic (exact) mass is 262 g/mol. The van der Waals surface area contributed by atoms with Gasteiger partial charge in [0.15, 0.2) is 0 Å². The van der Waals surface area contributed by atoms with Crippen molar-refractivity contribution in [2.24, 2.45) is 5.92 Å². The summed E-state index contributed by atoms with van der Waals surface area (Å²) in [7, 11) is 0. The molecule has 0 amide bonds. The van der Waals surface area contributed by atoms with E-state index in [1.807, 2.05) is 6.07 Å². The van der Waals surface area contributed by atoms with E-state index in [4.69, 9.17) is 0 Å². The molecule has 104 valence electrons. The fraction of sp³-hybridized carbons (Fsp3) is 0.600. The zero-order valence-corrected chi connectivity index (χ0v) is 11.6. The number of benzene rings is 1. The Kier molecular flexibility index (Phi) is 4.53. The molecular weight excluding hydrogens is 240 g/mol. The van der Waals surface area contributed by atoms with Crippen LogP contribution in [0, 0.1) is 16.0 Å². The first-order valence-corrected chi connectivity index (χ1v) is 7.08. The molecule has 0 saturated heterocycles. The van der Waals surface area contributed by atoms with Crippen molar-refractivity contribution >= 4 is 5.69 Å². The Morgan fingerprint density at radius 3 is 2.63 bits per heavy atom. The molecule has 1 unspecified atom stereocenters. The van der Waals surface area contributed by atoms with Crippen LogP contribution in [0.5, 0.6) is 0 Å². The predicted octanol–water partition coefficient (Wildman–Crippen LogP) is 3.82. The Bertz CT molecular complexity index is 442. The quantitative estimate of drug-likeness (QED) is 0.648. The first-order chi connectivity index (χ1) is 9.08. The summed E-state index contributed by atoms with van der Waals surface area (Å²) in [5, 5.41) is 14.4. The fourth-order valence-electron chi connectivity index (χ4n) is 2.99. The number of hydrogen-bond donors (Lipinski definition) is 1. The van der Waals surface area contributed by atoms with Gasteiger partial charge in [0, 0.05) is 24.2 Å². The third kappa shape index (κ3) is 3.53. The molecule has 0 aromatic heterocycles. The van der Waals surface area contributed by atoms with E-state index >= 15 is 0 Å². The third-order valence-electron chi connectivity index (χ3n) is 4.20. The normalized spacial score (nSPS) is 19.3. The first-order valence-electron chi connectivity index (χ1n) is 7.08. The van der Waals surface area contributed by atoms with Gasteiger partial charge in [0.1, 0.15) is 0 Å². The van der Waals surface area contributed by atoms with Crippen molar-refractivity contribution in [3.05, 3.63) is 39.9 Å². The second-order valence-electron chi connectivity index (χ2n) is 5.57. The van der Waals surface area contributed by atoms with E-state index in [0.717, 1.165) is 11.5 Å². The average molecular weight is 262 g/mol. The Morgan fingerprint density at radius 1 is 1.32 bits per heavy atom. The zero-order valence-electron chi connectivity index (χ0n) is 11.6. The van der Waals surface area contributed by atoms with Crippen LogP contribution >= 0.6 is 0 Å². The van der Waals surface area contributed by atoms with Crippen LogP contribution in [0.4, 0.5) is 5.69 Å². The average Bonchev–Trinajstić information content (AvgIpc) is 2.92. The Morgan fingerprint density at radius 2 is 2.00 bits per heavy atom. The Labute approximate surface area is 114 Å². The van der Waals surface area contributed by atoms with Crippen molar-refractivity contribution < 1.29 is 4.92 Å². The second kappa shape index (κ2) is 6.15. The molecule has 19 heavy (non-hydrogen) atoms. The molecule has 1 aliphatic rings. The number of nitro benzene ring substituents is 1. The molecule has 0 bridgehead atoms. The van der Waals surface area contributed by atoms with Gasteiger partial charge in [0.05, 0.1) is 4.92 Å². The Balaban J connectivity index is 2.00. The smallest absolute Gasteiger partial charge is 0.269 e. The van der Waals surface area contributed by atoms with E-state index in [9.17, 15) is 10.1 Å². The zero-order chi connectivity index (χ0) is 13.8. The number of rotatable bonds is 5. The molecule has 0 radical (unpaired) electrons. The van der Waals surface area contributed by atoms with Gasteiger partial charge >= 0.3 is 0 Å². The van der Waals surface area contributed by atoms with Crippen molar-refractivity contribution in [2.45, 2.75) is 51.6 Å². The van der Waals surface area contributed by atoms with Gasteiger partial charge in [0.2, 0.25) is 0 Å². The van der Waals surface area contributed by atoms with E-state index in [1.54, 1.807) is 12.1 Å². The molecule has 1 N–H and O–H groups in total. The minimum Gasteiger partial charge on any atom is -0.307 e. The second-order valence-corrected chi connectivity index (χ2v) is 5.57. The summed E-state index contributed by atoms with van der Waals surface area (Å²) >= 11 is 0. The van der Waals surface area contributed by atoms with Gasteiger partial charge in [-0.3, -0.25) is 10.1 Å². The highest BCUT2D eigenvalue weighted by atomic mass is 16.6. The van der Waals surface area contributed by atoms with Gasteiger partial charge in [-0.05, 0) is 38.2 Å². The van der Waals surface area contributed by atoms with Crippen molar-refractivity contribution in [3.8, 4) is 0 Å². The topological polar surface area (TPSA) is 55.2 Å². The highest BCUT2D eigenvalue weighted by Crippen LogP contribution is 2.29. The van der Waals surface area contributed by atoms with Crippen LogP contribution in [0.25, 0.3) is 0 Å². The molecule has 0 aliphatic heterocycles. The highest BCUT2D eigenvalue weighted by Gasteiger charge is 2.23. The standard InChI is InChI=1S/C15H22N2O2/c1-11(13-6-3-4-7-13)16-12(2)14-8-5-9-15(10-14)17(18)19/h5,8-13,16H,3-4,6-7H2,1-2H3/t11-,12?/m0/s1. The number of non-ortho nitro benzene ring substituents is 1. The van der Waals surface area contributed by atoms with Crippen LogP contribution in [-0.4, -0.2) is 11.0 Å². The summed E-state index contributed by atoms with van der Waals surface area (Å²) in [5.41, 5.74) is 1.15. The molecule has 1 saturated carbocycles. The van der Waals surface area contributed by atoms with Crippen LogP contribution in [0.2, 0.25) is 0 Å². The minimum absolute atomic E-state index is 0.149. The number of nitrogens with one attached hydrogen (secondary N) is 1. The molecule has 1 aliphatic carbocycles. The largest absolute Gasteiger partial charge is 0.307 e. The first kappa shape index (κ1) is 14.0. The van der Waals surface area contributed by atoms with Crippen LogP contribution < -0.4 is 5.32 Å². The molecule has 4 heteroatoms. The number of nitro groups is 1. The minimum atomic E-state index is -0.337. The lowest BCUT2D eigenvalue weighted by Crippen LogP contribution is -2.34. The summed E-state index contributed by atoms with van der Waals surface area (Å²) in [6.45, 7) is 4.30. The lowest BCUT2D eigenvalue weighted by atomic mass is 9.97. The summed E-state index contributed by atoms with van der Waals surface area (Å²) in [5.74, 6) is 0.751.